The summed E-state index contributed by atoms with van der Waals surface area (Å²) in [5.41, 5.74) is 1.49. The normalized spacial score (nSPS) is 18.4. The summed E-state index contributed by atoms with van der Waals surface area (Å²) in [6, 6.07) is 6.44. The Balaban J connectivity index is 2.13. The van der Waals surface area contributed by atoms with Gasteiger partial charge in [0.15, 0.2) is 0 Å². The molecule has 0 saturated carbocycles. The molecule has 0 unspecified atom stereocenters. The molecule has 0 aromatic heterocycles. The Hall–Kier alpha value is -2.38. The lowest BCUT2D eigenvalue weighted by molar-refractivity contribution is -0.140. The summed E-state index contributed by atoms with van der Waals surface area (Å²) >= 11 is 5.94. The van der Waals surface area contributed by atoms with Gasteiger partial charge in [0.1, 0.15) is 6.04 Å². The zero-order chi connectivity index (χ0) is 28.6. The van der Waals surface area contributed by atoms with Crippen molar-refractivity contribution >= 4 is 29.3 Å². The van der Waals surface area contributed by atoms with E-state index in [1.165, 1.54) is 0 Å². The van der Waals surface area contributed by atoms with E-state index in [4.69, 9.17) is 11.6 Å². The molecule has 1 fully saturated rings. The molecule has 0 aliphatic carbocycles. The number of rotatable bonds is 11. The summed E-state index contributed by atoms with van der Waals surface area (Å²) in [5.74, 6) is -0.420. The Morgan fingerprint density at radius 2 is 1.68 bits per heavy atom. The summed E-state index contributed by atoms with van der Waals surface area (Å²) < 4.78 is 0. The molecule has 3 atom stereocenters. The molecule has 2 rings (SSSR count). The Morgan fingerprint density at radius 3 is 2.24 bits per heavy atom. The van der Waals surface area contributed by atoms with Gasteiger partial charge >= 0.3 is 0 Å². The van der Waals surface area contributed by atoms with Crippen LogP contribution in [0.5, 0.6) is 0 Å². The van der Waals surface area contributed by atoms with Crippen molar-refractivity contribution in [2.75, 3.05) is 13.6 Å². The molecule has 38 heavy (non-hydrogen) atoms. The third-order valence-electron chi connectivity index (χ3n) is 7.36. The summed E-state index contributed by atoms with van der Waals surface area (Å²) in [6.07, 6.45) is 4.76. The van der Waals surface area contributed by atoms with E-state index in [1.807, 2.05) is 45.9 Å². The largest absolute Gasteiger partial charge is 0.348 e. The molecule has 1 saturated heterocycles. The van der Waals surface area contributed by atoms with E-state index in [1.54, 1.807) is 31.0 Å². The highest BCUT2D eigenvalue weighted by Crippen LogP contribution is 2.21. The van der Waals surface area contributed by atoms with Crippen LogP contribution in [-0.4, -0.2) is 65.3 Å². The van der Waals surface area contributed by atoms with E-state index < -0.39 is 6.04 Å². The van der Waals surface area contributed by atoms with Crippen LogP contribution in [0.3, 0.4) is 0 Å². The molecule has 3 amide bonds. The van der Waals surface area contributed by atoms with Crippen molar-refractivity contribution in [3.63, 3.8) is 0 Å². The lowest BCUT2D eigenvalue weighted by Crippen LogP contribution is -2.58. The van der Waals surface area contributed by atoms with Crippen molar-refractivity contribution in [1.29, 1.82) is 0 Å². The highest BCUT2D eigenvalue weighted by atomic mass is 35.5. The number of nitrogens with zero attached hydrogens (tertiary/aromatic N) is 2. The van der Waals surface area contributed by atoms with Gasteiger partial charge in [0.25, 0.3) is 0 Å². The van der Waals surface area contributed by atoms with Crippen molar-refractivity contribution in [3.8, 4) is 0 Å². The van der Waals surface area contributed by atoms with Crippen LogP contribution in [0.2, 0.25) is 5.02 Å². The number of carbonyl (C=O) groups is 3. The number of likely N-dealkylation sites (N-methyl/N-ethyl adjacent to an activating group) is 1. The summed E-state index contributed by atoms with van der Waals surface area (Å²) in [7, 11) is 1.75. The van der Waals surface area contributed by atoms with Gasteiger partial charge in [-0.1, -0.05) is 63.9 Å². The number of piperidine rings is 1. The topological polar surface area (TPSA) is 81.8 Å². The number of carbonyl (C=O) groups excluding carboxylic acids is 3. The first-order valence-electron chi connectivity index (χ1n) is 13.9. The number of hydrogen-bond acceptors (Lipinski definition) is 4. The Labute approximate surface area is 234 Å². The Bertz CT molecular complexity index is 974. The van der Waals surface area contributed by atoms with E-state index in [0.29, 0.717) is 17.1 Å². The van der Waals surface area contributed by atoms with E-state index >= 15 is 0 Å². The summed E-state index contributed by atoms with van der Waals surface area (Å²) in [5, 5.41) is 6.66. The average molecular weight is 547 g/mol. The van der Waals surface area contributed by atoms with Crippen LogP contribution in [0.25, 0.3) is 0 Å². The van der Waals surface area contributed by atoms with Gasteiger partial charge in [0, 0.05) is 30.2 Å². The second-order valence-corrected chi connectivity index (χ2v) is 11.9. The summed E-state index contributed by atoms with van der Waals surface area (Å²) in [6.45, 7) is 15.2. The zero-order valence-corrected chi connectivity index (χ0v) is 25.1. The molecule has 8 heteroatoms. The van der Waals surface area contributed by atoms with E-state index in [-0.39, 0.29) is 47.7 Å². The van der Waals surface area contributed by atoms with Crippen molar-refractivity contribution < 1.29 is 14.4 Å². The number of benzene rings is 1. The van der Waals surface area contributed by atoms with Crippen LogP contribution in [0.4, 0.5) is 0 Å². The first-order chi connectivity index (χ1) is 17.8. The predicted octanol–water partition coefficient (Wildman–Crippen LogP) is 4.79. The lowest BCUT2D eigenvalue weighted by atomic mass is 9.95. The fourth-order valence-electron chi connectivity index (χ4n) is 4.99. The van der Waals surface area contributed by atoms with Crippen LogP contribution in [-0.2, 0) is 20.9 Å². The van der Waals surface area contributed by atoms with Crippen molar-refractivity contribution in [3.05, 3.63) is 46.5 Å². The van der Waals surface area contributed by atoms with Gasteiger partial charge in [-0.3, -0.25) is 19.3 Å². The molecule has 1 aliphatic rings. The van der Waals surface area contributed by atoms with Crippen LogP contribution in [0, 0.1) is 11.8 Å². The molecule has 1 aromatic carbocycles. The van der Waals surface area contributed by atoms with Gasteiger partial charge in [0.2, 0.25) is 17.7 Å². The van der Waals surface area contributed by atoms with Gasteiger partial charge in [0.05, 0.1) is 12.1 Å². The summed E-state index contributed by atoms with van der Waals surface area (Å²) in [4.78, 5) is 43.8. The third-order valence-corrected chi connectivity index (χ3v) is 7.62. The number of halogens is 1. The van der Waals surface area contributed by atoms with Crippen molar-refractivity contribution in [1.82, 2.24) is 20.4 Å². The quantitative estimate of drug-likeness (QED) is 0.391. The van der Waals surface area contributed by atoms with Crippen LogP contribution in [0.1, 0.15) is 73.3 Å². The minimum absolute atomic E-state index is 0.0706. The average Bonchev–Trinajstić information content (AvgIpc) is 2.88. The van der Waals surface area contributed by atoms with Gasteiger partial charge in [-0.05, 0) is 69.7 Å². The van der Waals surface area contributed by atoms with Crippen molar-refractivity contribution in [2.24, 2.45) is 11.8 Å². The number of nitrogens with one attached hydrogen (secondary N) is 2. The van der Waals surface area contributed by atoms with Crippen LogP contribution < -0.4 is 10.6 Å². The molecule has 0 spiro atoms. The van der Waals surface area contributed by atoms with Gasteiger partial charge < -0.3 is 15.5 Å². The van der Waals surface area contributed by atoms with Crippen molar-refractivity contribution in [2.45, 2.75) is 98.4 Å². The molecular weight excluding hydrogens is 500 g/mol. The van der Waals surface area contributed by atoms with Gasteiger partial charge in [-0.15, -0.1) is 0 Å². The third kappa shape index (κ3) is 8.84. The first-order valence-corrected chi connectivity index (χ1v) is 14.2. The fourth-order valence-corrected chi connectivity index (χ4v) is 5.12. The van der Waals surface area contributed by atoms with Crippen LogP contribution >= 0.6 is 11.6 Å². The molecule has 212 valence electrons. The smallest absolute Gasteiger partial charge is 0.246 e. The fraction of sp³-hybridized carbons (Fsp3) is 0.633. The molecule has 1 aromatic rings. The molecule has 1 heterocycles. The highest BCUT2D eigenvalue weighted by Gasteiger charge is 2.36. The number of hydrogen-bond donors (Lipinski definition) is 2. The number of likely N-dealkylation sites (tertiary alicyclic amines) is 1. The predicted molar refractivity (Wildman–Crippen MR) is 155 cm³/mol. The first kappa shape index (κ1) is 31.8. The molecular formula is C30H47ClN4O3. The Kier molecular flexibility index (Phi) is 12.3. The molecule has 0 bridgehead atoms. The van der Waals surface area contributed by atoms with Crippen LogP contribution in [0.15, 0.2) is 35.9 Å². The SMILES string of the molecule is CC(=C[C@H](C(C)C)N(C)C(=O)[C@@H](NC(=O)[C@H]1CCCCN1C(C)C)C(C)C)C(=O)NCc1ccc(Cl)cc1. The van der Waals surface area contributed by atoms with E-state index in [2.05, 4.69) is 29.4 Å². The van der Waals surface area contributed by atoms with E-state index in [0.717, 1.165) is 31.4 Å². The second kappa shape index (κ2) is 14.7. The van der Waals surface area contributed by atoms with Gasteiger partial charge in [-0.2, -0.15) is 0 Å². The maximum absolute atomic E-state index is 13.7. The number of amides is 3. The molecule has 0 radical (unpaired) electrons. The zero-order valence-electron chi connectivity index (χ0n) is 24.4. The lowest BCUT2D eigenvalue weighted by Gasteiger charge is -2.39. The Morgan fingerprint density at radius 1 is 1.05 bits per heavy atom. The second-order valence-electron chi connectivity index (χ2n) is 11.4. The van der Waals surface area contributed by atoms with E-state index in [9.17, 15) is 14.4 Å². The molecule has 7 nitrogen and oxygen atoms in total. The molecule has 2 N–H and O–H groups in total. The molecule has 1 aliphatic heterocycles. The van der Waals surface area contributed by atoms with Gasteiger partial charge in [-0.25, -0.2) is 0 Å². The maximum atomic E-state index is 13.7. The standard InChI is InChI=1S/C30H47ClN4O3/c1-19(2)26(17-22(7)28(36)32-18-23-12-14-24(31)15-13-23)34(8)30(38)27(20(3)4)33-29(37)25-11-9-10-16-35(25)21(5)6/h12-15,17,19-21,25-27H,9-11,16,18H2,1-8H3,(H,32,36)(H,33,37)/t25-,26-,27+/m1/s1. The minimum Gasteiger partial charge on any atom is -0.348 e. The maximum Gasteiger partial charge on any atom is 0.246 e. The minimum atomic E-state index is -0.642. The highest BCUT2D eigenvalue weighted by molar-refractivity contribution is 6.30. The monoisotopic (exact) mass is 546 g/mol.